The van der Waals surface area contributed by atoms with Crippen molar-refractivity contribution < 1.29 is 47.9 Å². The Morgan fingerprint density at radius 1 is 1.24 bits per heavy atom. The van der Waals surface area contributed by atoms with Crippen LogP contribution in [0.4, 0.5) is 0 Å². The summed E-state index contributed by atoms with van der Waals surface area (Å²) < 4.78 is 41.0. The molecule has 4 aliphatic rings. The number of carbonyl (C=O) groups excluding carboxylic acids is 2. The van der Waals surface area contributed by atoms with Crippen LogP contribution in [0.5, 0.6) is 0 Å². The van der Waals surface area contributed by atoms with E-state index in [9.17, 15) is 14.7 Å². The first-order chi connectivity index (χ1) is 17.4. The van der Waals surface area contributed by atoms with E-state index in [4.69, 9.17) is 33.2 Å². The number of ether oxygens (including phenoxy) is 7. The molecular formula is C26H41NO10. The largest absolute Gasteiger partial charge is 0.462 e. The van der Waals surface area contributed by atoms with Gasteiger partial charge >= 0.3 is 5.97 Å². The van der Waals surface area contributed by atoms with Gasteiger partial charge in [0.1, 0.15) is 25.1 Å². The van der Waals surface area contributed by atoms with E-state index in [-0.39, 0.29) is 49.5 Å². The molecule has 0 aromatic carbocycles. The summed E-state index contributed by atoms with van der Waals surface area (Å²) in [6.45, 7) is 11.9. The number of carbonyl (C=O) groups is 2. The SMILES string of the molecule is C=C1C[C@](OC)([C@@H](O)C(=O)N[C@H]2OCO[C@H]3[C@@H]2O[C@H](C[C@H]2CCC(=O)O2)C(C)(C)[C@@H]3OC)O[C@H](C)[C@@H]1C. The van der Waals surface area contributed by atoms with Crippen LogP contribution in [0.25, 0.3) is 0 Å². The smallest absolute Gasteiger partial charge is 0.306 e. The third-order valence-corrected chi connectivity index (χ3v) is 8.51. The van der Waals surface area contributed by atoms with Crippen LogP contribution in [-0.4, -0.2) is 92.7 Å². The van der Waals surface area contributed by atoms with Gasteiger partial charge in [-0.05, 0) is 13.3 Å². The van der Waals surface area contributed by atoms with Crippen LogP contribution >= 0.6 is 0 Å². The standard InChI is InChI=1S/C26H41NO10/c1-13-11-26(32-7,37-15(3)14(13)2)21(29)23(30)27-24-20-19(33-12-34-24)22(31-6)25(4,5)17(36-20)10-16-8-9-18(28)35-16/h14-17,19-22,24,29H,1,8-12H2,2-7H3,(H,27,30)/t14-,15-,16-,17-,19+,20+,21+,22-,24+,26-/m1/s1. The van der Waals surface area contributed by atoms with E-state index < -0.39 is 41.6 Å². The molecule has 10 atom stereocenters. The van der Waals surface area contributed by atoms with Crippen molar-refractivity contribution in [1.29, 1.82) is 0 Å². The predicted molar refractivity (Wildman–Crippen MR) is 129 cm³/mol. The molecule has 210 valence electrons. The third kappa shape index (κ3) is 5.32. The van der Waals surface area contributed by atoms with Gasteiger partial charge in [-0.1, -0.05) is 32.9 Å². The Balaban J connectivity index is 1.51. The van der Waals surface area contributed by atoms with E-state index in [1.165, 1.54) is 7.11 Å². The Hall–Kier alpha value is -1.60. The number of hydrogen-bond acceptors (Lipinski definition) is 10. The van der Waals surface area contributed by atoms with E-state index in [0.717, 1.165) is 5.57 Å². The Morgan fingerprint density at radius 3 is 2.57 bits per heavy atom. The zero-order valence-corrected chi connectivity index (χ0v) is 22.6. The normalized spacial score (nSPS) is 42.6. The molecule has 2 N–H and O–H groups in total. The van der Waals surface area contributed by atoms with Crippen molar-refractivity contribution in [3.8, 4) is 0 Å². The maximum absolute atomic E-state index is 13.3. The van der Waals surface area contributed by atoms with E-state index in [1.807, 2.05) is 27.7 Å². The zero-order chi connectivity index (χ0) is 27.1. The summed E-state index contributed by atoms with van der Waals surface area (Å²) in [5, 5.41) is 13.8. The van der Waals surface area contributed by atoms with Crippen LogP contribution in [0, 0.1) is 11.3 Å². The summed E-state index contributed by atoms with van der Waals surface area (Å²) in [6.07, 6.45) is -3.52. The number of methoxy groups -OCH3 is 2. The first-order valence-electron chi connectivity index (χ1n) is 12.9. The molecule has 4 fully saturated rings. The van der Waals surface area contributed by atoms with Crippen LogP contribution in [0.3, 0.4) is 0 Å². The maximum atomic E-state index is 13.3. The van der Waals surface area contributed by atoms with Crippen molar-refractivity contribution in [3.63, 3.8) is 0 Å². The summed E-state index contributed by atoms with van der Waals surface area (Å²) in [5.74, 6) is -2.46. The minimum atomic E-state index is -1.65. The van der Waals surface area contributed by atoms with Gasteiger partial charge in [0.05, 0.1) is 18.3 Å². The lowest BCUT2D eigenvalue weighted by Gasteiger charge is -2.54. The molecule has 11 heteroatoms. The van der Waals surface area contributed by atoms with Gasteiger partial charge in [-0.3, -0.25) is 9.59 Å². The number of aliphatic hydroxyl groups excluding tert-OH is 1. The molecule has 0 aromatic rings. The first kappa shape index (κ1) is 28.4. The average molecular weight is 528 g/mol. The maximum Gasteiger partial charge on any atom is 0.306 e. The minimum Gasteiger partial charge on any atom is -0.462 e. The lowest BCUT2D eigenvalue weighted by molar-refractivity contribution is -0.332. The van der Waals surface area contributed by atoms with Crippen molar-refractivity contribution in [1.82, 2.24) is 5.32 Å². The highest BCUT2D eigenvalue weighted by Crippen LogP contribution is 2.44. The number of aliphatic hydroxyl groups is 1. The molecule has 4 rings (SSSR count). The number of amides is 1. The van der Waals surface area contributed by atoms with Crippen LogP contribution in [0.2, 0.25) is 0 Å². The van der Waals surface area contributed by atoms with Crippen molar-refractivity contribution in [2.24, 2.45) is 11.3 Å². The van der Waals surface area contributed by atoms with Gasteiger partial charge in [-0.2, -0.15) is 0 Å². The summed E-state index contributed by atoms with van der Waals surface area (Å²) in [5.41, 5.74) is 0.339. The van der Waals surface area contributed by atoms with Gasteiger partial charge in [-0.25, -0.2) is 0 Å². The monoisotopic (exact) mass is 527 g/mol. The number of fused-ring (bicyclic) bond motifs is 1. The second-order valence-corrected chi connectivity index (χ2v) is 11.2. The summed E-state index contributed by atoms with van der Waals surface area (Å²) in [6, 6.07) is 0. The van der Waals surface area contributed by atoms with E-state index in [1.54, 1.807) is 7.11 Å². The fourth-order valence-electron chi connectivity index (χ4n) is 5.92. The van der Waals surface area contributed by atoms with Crippen LogP contribution in [0.15, 0.2) is 12.2 Å². The number of esters is 1. The van der Waals surface area contributed by atoms with Crippen LogP contribution in [-0.2, 0) is 42.7 Å². The lowest BCUT2D eigenvalue weighted by atomic mass is 9.72. The fraction of sp³-hybridized carbons (Fsp3) is 0.846. The van der Waals surface area contributed by atoms with Gasteiger partial charge in [0, 0.05) is 44.8 Å². The van der Waals surface area contributed by atoms with Crippen molar-refractivity contribution in [2.75, 3.05) is 21.0 Å². The van der Waals surface area contributed by atoms with E-state index in [2.05, 4.69) is 11.9 Å². The molecule has 0 saturated carbocycles. The molecule has 0 spiro atoms. The highest BCUT2D eigenvalue weighted by Gasteiger charge is 2.57. The molecule has 4 aliphatic heterocycles. The fourth-order valence-corrected chi connectivity index (χ4v) is 5.92. The number of cyclic esters (lactones) is 1. The van der Waals surface area contributed by atoms with Gasteiger partial charge < -0.3 is 43.6 Å². The van der Waals surface area contributed by atoms with Gasteiger partial charge in [0.25, 0.3) is 5.91 Å². The number of nitrogens with one attached hydrogen (secondary N) is 1. The summed E-state index contributed by atoms with van der Waals surface area (Å²) >= 11 is 0. The van der Waals surface area contributed by atoms with Crippen LogP contribution in [0.1, 0.15) is 53.4 Å². The zero-order valence-electron chi connectivity index (χ0n) is 22.6. The van der Waals surface area contributed by atoms with E-state index in [0.29, 0.717) is 19.3 Å². The first-order valence-corrected chi connectivity index (χ1v) is 12.9. The molecule has 0 bridgehead atoms. The van der Waals surface area contributed by atoms with Crippen molar-refractivity contribution in [2.45, 2.75) is 108 Å². The Kier molecular flexibility index (Phi) is 8.35. The molecule has 0 aromatic heterocycles. The molecule has 4 heterocycles. The molecule has 0 unspecified atom stereocenters. The van der Waals surface area contributed by atoms with Crippen LogP contribution < -0.4 is 5.32 Å². The highest BCUT2D eigenvalue weighted by atomic mass is 16.7. The second-order valence-electron chi connectivity index (χ2n) is 11.2. The van der Waals surface area contributed by atoms with Gasteiger partial charge in [0.2, 0.25) is 5.79 Å². The number of hydrogen-bond donors (Lipinski definition) is 2. The predicted octanol–water partition coefficient (Wildman–Crippen LogP) is 1.41. The minimum absolute atomic E-state index is 0.0548. The second kappa shape index (κ2) is 10.9. The molecule has 37 heavy (non-hydrogen) atoms. The lowest BCUT2D eigenvalue weighted by Crippen LogP contribution is -2.69. The Morgan fingerprint density at radius 2 is 1.97 bits per heavy atom. The molecule has 4 saturated heterocycles. The van der Waals surface area contributed by atoms with Gasteiger partial charge in [-0.15, -0.1) is 0 Å². The molecule has 11 nitrogen and oxygen atoms in total. The molecule has 1 amide bonds. The van der Waals surface area contributed by atoms with E-state index >= 15 is 0 Å². The van der Waals surface area contributed by atoms with Gasteiger partial charge in [0.15, 0.2) is 12.3 Å². The number of rotatable bonds is 7. The highest BCUT2D eigenvalue weighted by molar-refractivity contribution is 5.82. The van der Waals surface area contributed by atoms with Crippen molar-refractivity contribution in [3.05, 3.63) is 12.2 Å². The topological polar surface area (TPSA) is 131 Å². The molecular weight excluding hydrogens is 486 g/mol. The third-order valence-electron chi connectivity index (χ3n) is 8.51. The Bertz CT molecular complexity index is 879. The summed E-state index contributed by atoms with van der Waals surface area (Å²) in [7, 11) is 3.00. The molecule has 0 radical (unpaired) electrons. The Labute approximate surface area is 218 Å². The summed E-state index contributed by atoms with van der Waals surface area (Å²) in [4.78, 5) is 25.0. The van der Waals surface area contributed by atoms with Crippen molar-refractivity contribution >= 4 is 11.9 Å². The average Bonchev–Trinajstić information content (AvgIpc) is 3.27. The quantitative estimate of drug-likeness (QED) is 0.370. The molecule has 0 aliphatic carbocycles.